The van der Waals surface area contributed by atoms with Crippen molar-refractivity contribution in [3.05, 3.63) is 47.2 Å². The lowest BCUT2D eigenvalue weighted by molar-refractivity contribution is 0.0943. The molecule has 3 rings (SSSR count). The Morgan fingerprint density at radius 2 is 1.83 bits per heavy atom. The third-order valence-corrected chi connectivity index (χ3v) is 5.72. The average molecular weight is 429 g/mol. The second-order valence-electron chi connectivity index (χ2n) is 8.86. The van der Waals surface area contributed by atoms with Gasteiger partial charge in [-0.25, -0.2) is 9.97 Å². The highest BCUT2D eigenvalue weighted by molar-refractivity contribution is 7.98. The number of aromatic nitrogens is 2. The number of morpholine rings is 1. The van der Waals surface area contributed by atoms with E-state index in [2.05, 4.69) is 37.1 Å². The molecule has 0 bridgehead atoms. The van der Waals surface area contributed by atoms with Gasteiger partial charge in [0, 0.05) is 41.9 Å². The molecule has 7 heteroatoms. The maximum absolute atomic E-state index is 12.1. The summed E-state index contributed by atoms with van der Waals surface area (Å²) in [6.45, 7) is 13.6. The van der Waals surface area contributed by atoms with Gasteiger partial charge < -0.3 is 15.0 Å². The fourth-order valence-corrected chi connectivity index (χ4v) is 3.87. The first kappa shape index (κ1) is 22.6. The van der Waals surface area contributed by atoms with Gasteiger partial charge in [0.15, 0.2) is 5.16 Å². The van der Waals surface area contributed by atoms with Crippen molar-refractivity contribution in [3.63, 3.8) is 0 Å². The Bertz CT molecular complexity index is 856. The van der Waals surface area contributed by atoms with Crippen LogP contribution in [-0.2, 0) is 15.9 Å². The molecule has 0 atom stereocenters. The molecule has 1 N–H and O–H groups in total. The number of carbonyl (C=O) groups is 1. The molecule has 1 aromatic heterocycles. The largest absolute Gasteiger partial charge is 0.378 e. The van der Waals surface area contributed by atoms with Gasteiger partial charge in [0.05, 0.1) is 18.9 Å². The predicted octanol–water partition coefficient (Wildman–Crippen LogP) is 4.04. The zero-order chi connectivity index (χ0) is 21.7. The number of amides is 1. The monoisotopic (exact) mass is 428 g/mol. The van der Waals surface area contributed by atoms with E-state index in [1.807, 2.05) is 38.1 Å². The van der Waals surface area contributed by atoms with Gasteiger partial charge in [-0.15, -0.1) is 0 Å². The predicted molar refractivity (Wildman–Crippen MR) is 122 cm³/mol. The summed E-state index contributed by atoms with van der Waals surface area (Å²) in [7, 11) is 0. The number of ether oxygens (including phenoxy) is 1. The minimum Gasteiger partial charge on any atom is -0.378 e. The maximum atomic E-state index is 12.1. The number of hydrogen-bond acceptors (Lipinski definition) is 6. The molecule has 1 aromatic carbocycles. The normalized spacial score (nSPS) is 14.8. The van der Waals surface area contributed by atoms with E-state index >= 15 is 0 Å². The number of carbonyl (C=O) groups excluding carboxylic acids is 1. The number of nitrogens with zero attached hydrogens (tertiary/aromatic N) is 3. The minimum absolute atomic E-state index is 0.0411. The van der Waals surface area contributed by atoms with Crippen LogP contribution in [0.15, 0.2) is 35.5 Å². The Morgan fingerprint density at radius 3 is 2.43 bits per heavy atom. The van der Waals surface area contributed by atoms with Gasteiger partial charge in [0.25, 0.3) is 5.91 Å². The molecular formula is C23H32N4O2S. The first-order valence-electron chi connectivity index (χ1n) is 10.5. The number of thioether (sulfide) groups is 1. The first-order valence-corrected chi connectivity index (χ1v) is 11.5. The van der Waals surface area contributed by atoms with Crippen molar-refractivity contribution in [1.82, 2.24) is 15.3 Å². The molecule has 2 aromatic rings. The Balaban J connectivity index is 1.73. The fourth-order valence-electron chi connectivity index (χ4n) is 3.06. The average Bonchev–Trinajstić information content (AvgIpc) is 2.72. The zero-order valence-electron chi connectivity index (χ0n) is 18.6. The number of rotatable bonds is 6. The van der Waals surface area contributed by atoms with E-state index in [9.17, 15) is 4.79 Å². The van der Waals surface area contributed by atoms with Gasteiger partial charge >= 0.3 is 0 Å². The summed E-state index contributed by atoms with van der Waals surface area (Å²) in [5.74, 6) is 1.68. The zero-order valence-corrected chi connectivity index (χ0v) is 19.4. The van der Waals surface area contributed by atoms with Crippen LogP contribution >= 0.6 is 11.8 Å². The molecular weight excluding hydrogens is 396 g/mol. The fraction of sp³-hybridized carbons (Fsp3) is 0.522. The van der Waals surface area contributed by atoms with Crippen LogP contribution in [0.5, 0.6) is 0 Å². The van der Waals surface area contributed by atoms with Crippen LogP contribution in [0, 0.1) is 0 Å². The first-order chi connectivity index (χ1) is 14.2. The molecule has 1 fully saturated rings. The molecule has 1 saturated heterocycles. The highest BCUT2D eigenvalue weighted by Gasteiger charge is 2.21. The van der Waals surface area contributed by atoms with Crippen molar-refractivity contribution >= 4 is 23.5 Å². The molecule has 0 aliphatic carbocycles. The van der Waals surface area contributed by atoms with Gasteiger partial charge in [-0.05, 0) is 31.5 Å². The molecule has 6 nitrogen and oxygen atoms in total. The van der Waals surface area contributed by atoms with Crippen molar-refractivity contribution < 1.29 is 9.53 Å². The third kappa shape index (κ3) is 6.19. The summed E-state index contributed by atoms with van der Waals surface area (Å²) in [5, 5.41) is 3.70. The second-order valence-corrected chi connectivity index (χ2v) is 9.80. The van der Waals surface area contributed by atoms with Crippen molar-refractivity contribution in [3.8, 4) is 0 Å². The Kier molecular flexibility index (Phi) is 7.36. The summed E-state index contributed by atoms with van der Waals surface area (Å²) >= 11 is 1.63. The van der Waals surface area contributed by atoms with E-state index in [1.165, 1.54) is 0 Å². The van der Waals surface area contributed by atoms with Crippen LogP contribution in [0.2, 0.25) is 0 Å². The minimum atomic E-state index is -0.0509. The van der Waals surface area contributed by atoms with Crippen LogP contribution in [0.4, 0.5) is 5.82 Å². The summed E-state index contributed by atoms with van der Waals surface area (Å²) in [6, 6.07) is 9.98. The summed E-state index contributed by atoms with van der Waals surface area (Å²) in [5.41, 5.74) is 2.81. The highest BCUT2D eigenvalue weighted by atomic mass is 32.2. The van der Waals surface area contributed by atoms with Crippen LogP contribution in [0.1, 0.15) is 56.2 Å². The summed E-state index contributed by atoms with van der Waals surface area (Å²) in [4.78, 5) is 24.0. The lowest BCUT2D eigenvalue weighted by Crippen LogP contribution is -2.37. The van der Waals surface area contributed by atoms with Crippen LogP contribution < -0.4 is 10.2 Å². The molecule has 0 spiro atoms. The standard InChI is InChI=1S/C23H32N4O2S/c1-16(2)24-21(28)18-8-6-17(7-9-18)15-30-22-25-19(23(3,4)5)14-20(26-22)27-10-12-29-13-11-27/h6-9,14,16H,10-13,15H2,1-5H3,(H,24,28). The van der Waals surface area contributed by atoms with E-state index in [4.69, 9.17) is 14.7 Å². The maximum Gasteiger partial charge on any atom is 0.251 e. The SMILES string of the molecule is CC(C)NC(=O)c1ccc(CSc2nc(N3CCOCC3)cc(C(C)(C)C)n2)cc1. The molecule has 2 heterocycles. The second kappa shape index (κ2) is 9.79. The molecule has 0 radical (unpaired) electrons. The smallest absolute Gasteiger partial charge is 0.251 e. The lowest BCUT2D eigenvalue weighted by atomic mass is 9.92. The molecule has 1 aliphatic rings. The lowest BCUT2D eigenvalue weighted by Gasteiger charge is -2.29. The number of nitrogens with one attached hydrogen (secondary N) is 1. The van der Waals surface area contributed by atoms with Gasteiger partial charge in [-0.3, -0.25) is 4.79 Å². The van der Waals surface area contributed by atoms with Gasteiger partial charge in [0.2, 0.25) is 0 Å². The van der Waals surface area contributed by atoms with E-state index in [-0.39, 0.29) is 17.4 Å². The number of anilines is 1. The van der Waals surface area contributed by atoms with Crippen molar-refractivity contribution in [2.24, 2.45) is 0 Å². The Hall–Kier alpha value is -2.12. The van der Waals surface area contributed by atoms with Gasteiger partial charge in [-0.1, -0.05) is 44.7 Å². The van der Waals surface area contributed by atoms with Crippen LogP contribution in [0.3, 0.4) is 0 Å². The highest BCUT2D eigenvalue weighted by Crippen LogP contribution is 2.28. The Morgan fingerprint density at radius 1 is 1.17 bits per heavy atom. The quantitative estimate of drug-likeness (QED) is 0.553. The van der Waals surface area contributed by atoms with Crippen molar-refractivity contribution in [1.29, 1.82) is 0 Å². The van der Waals surface area contributed by atoms with E-state index in [1.54, 1.807) is 11.8 Å². The summed E-state index contributed by atoms with van der Waals surface area (Å²) in [6.07, 6.45) is 0. The molecule has 162 valence electrons. The number of hydrogen-bond donors (Lipinski definition) is 1. The Labute approximate surface area is 183 Å². The molecule has 30 heavy (non-hydrogen) atoms. The van der Waals surface area contributed by atoms with Crippen molar-refractivity contribution in [2.45, 2.75) is 57.0 Å². The van der Waals surface area contributed by atoms with Crippen LogP contribution in [-0.4, -0.2) is 48.2 Å². The van der Waals surface area contributed by atoms with Crippen molar-refractivity contribution in [2.75, 3.05) is 31.2 Å². The molecule has 0 saturated carbocycles. The molecule has 1 amide bonds. The van der Waals surface area contributed by atoms with E-state index in [0.29, 0.717) is 5.56 Å². The molecule has 1 aliphatic heterocycles. The number of benzene rings is 1. The van der Waals surface area contributed by atoms with E-state index in [0.717, 1.165) is 54.3 Å². The topological polar surface area (TPSA) is 67.4 Å². The summed E-state index contributed by atoms with van der Waals surface area (Å²) < 4.78 is 5.48. The van der Waals surface area contributed by atoms with E-state index < -0.39 is 0 Å². The van der Waals surface area contributed by atoms with Gasteiger partial charge in [0.1, 0.15) is 5.82 Å². The molecule has 0 unspecified atom stereocenters. The third-order valence-electron chi connectivity index (χ3n) is 4.80. The van der Waals surface area contributed by atoms with Crippen LogP contribution in [0.25, 0.3) is 0 Å². The van der Waals surface area contributed by atoms with Gasteiger partial charge in [-0.2, -0.15) is 0 Å².